The molecule has 2 fully saturated rings. The van der Waals surface area contributed by atoms with Crippen molar-refractivity contribution in [1.29, 1.82) is 0 Å². The van der Waals surface area contributed by atoms with Crippen LogP contribution in [0.3, 0.4) is 0 Å². The zero-order valence-electron chi connectivity index (χ0n) is 55.4. The van der Waals surface area contributed by atoms with Crippen molar-refractivity contribution in [2.45, 2.75) is 225 Å². The molecule has 7 aromatic rings. The van der Waals surface area contributed by atoms with Gasteiger partial charge in [-0.3, -0.25) is 0 Å². The molecule has 4 atom stereocenters. The summed E-state index contributed by atoms with van der Waals surface area (Å²) in [5.41, 5.74) is 25.0. The smallest absolute Gasteiger partial charge is 0.252 e. The monoisotopic (exact) mass is 1070 g/mol. The van der Waals surface area contributed by atoms with Crippen molar-refractivity contribution in [3.63, 3.8) is 0 Å². The van der Waals surface area contributed by atoms with Crippen LogP contribution in [0.1, 0.15) is 225 Å². The summed E-state index contributed by atoms with van der Waals surface area (Å²) >= 11 is 0. The number of fused-ring (bicyclic) bond motifs is 14. The van der Waals surface area contributed by atoms with Crippen LogP contribution in [0.25, 0.3) is 22.3 Å². The Morgan fingerprint density at radius 1 is 0.444 bits per heavy atom. The van der Waals surface area contributed by atoms with Crippen molar-refractivity contribution in [2.24, 2.45) is 0 Å². The molecule has 3 nitrogen and oxygen atoms in total. The number of hydrogen-bond acceptors (Lipinski definition) is 3. The van der Waals surface area contributed by atoms with Crippen molar-refractivity contribution in [3.8, 4) is 22.3 Å². The molecule has 4 heteroatoms. The normalized spacial score (nSPS) is 25.2. The fraction of sp³-hybridized carbons (Fsp3) is 0.455. The largest absolute Gasteiger partial charge is 0.335 e. The Morgan fingerprint density at radius 3 is 1.64 bits per heavy atom. The highest BCUT2D eigenvalue weighted by Crippen LogP contribution is 2.66. The minimum Gasteiger partial charge on any atom is -0.335 e. The van der Waals surface area contributed by atoms with Crippen molar-refractivity contribution in [1.82, 2.24) is 0 Å². The zero-order valence-corrected chi connectivity index (χ0v) is 52.4. The van der Waals surface area contributed by atoms with E-state index < -0.39 is 16.4 Å². The Labute approximate surface area is 492 Å². The highest BCUT2D eigenvalue weighted by atomic mass is 15.3. The minimum absolute atomic E-state index is 0.0549. The maximum Gasteiger partial charge on any atom is 0.252 e. The van der Waals surface area contributed by atoms with Crippen LogP contribution in [0.4, 0.5) is 39.8 Å². The van der Waals surface area contributed by atoms with Crippen LogP contribution in [0.2, 0.25) is 0 Å². The zero-order chi connectivity index (χ0) is 59.9. The molecular formula is C77H90BN3. The number of benzene rings is 7. The van der Waals surface area contributed by atoms with E-state index in [0.29, 0.717) is 11.6 Å². The molecular weight excluding hydrogens is 978 g/mol. The van der Waals surface area contributed by atoms with Gasteiger partial charge < -0.3 is 14.7 Å². The summed E-state index contributed by atoms with van der Waals surface area (Å²) in [5.74, 6) is 0. The maximum atomic E-state index is 10.4. The SMILES string of the molecule is [2H]c1c([2H])c(C(C)(C)C)c([2H])c2c1N(c1cc3c4c(c1)N1c5c(cc(C(C)(C)C)cc5C5(C)CCCCC15C)B4c1c(ccc4c1-c1cc(C(C)(C)C)ccc1C4(C)C)N3c1ccc(C(C)(C)C)cc1-c1ccccc1)C1(C)CCCCC21C. The lowest BCUT2D eigenvalue weighted by Gasteiger charge is -2.54. The van der Waals surface area contributed by atoms with Crippen LogP contribution in [0.15, 0.2) is 121 Å². The van der Waals surface area contributed by atoms with Crippen molar-refractivity contribution >= 4 is 62.9 Å². The lowest BCUT2D eigenvalue weighted by atomic mass is 9.32. The fourth-order valence-electron chi connectivity index (χ4n) is 17.2. The molecule has 416 valence electrons. The summed E-state index contributed by atoms with van der Waals surface area (Å²) < 4.78 is 30.7. The van der Waals surface area contributed by atoms with Crippen molar-refractivity contribution in [2.75, 3.05) is 14.7 Å². The van der Waals surface area contributed by atoms with Gasteiger partial charge in [0.05, 0.1) is 20.9 Å². The molecule has 4 aliphatic heterocycles. The highest BCUT2D eigenvalue weighted by molar-refractivity contribution is 7.01. The van der Waals surface area contributed by atoms with Gasteiger partial charge in [-0.05, 0) is 175 Å². The first-order valence-corrected chi connectivity index (χ1v) is 31.1. The first kappa shape index (κ1) is 49.6. The molecule has 0 saturated heterocycles. The van der Waals surface area contributed by atoms with Crippen molar-refractivity contribution < 1.29 is 4.11 Å². The minimum atomic E-state index is -0.488. The van der Waals surface area contributed by atoms with Crippen LogP contribution < -0.4 is 31.1 Å². The maximum absolute atomic E-state index is 10.4. The average molecular weight is 1070 g/mol. The summed E-state index contributed by atoms with van der Waals surface area (Å²) in [5, 5.41) is 0. The predicted molar refractivity (Wildman–Crippen MR) is 349 cm³/mol. The van der Waals surface area contributed by atoms with Gasteiger partial charge in [0.1, 0.15) is 0 Å². The Kier molecular flexibility index (Phi) is 10.2. The van der Waals surface area contributed by atoms with E-state index in [1.165, 1.54) is 108 Å². The van der Waals surface area contributed by atoms with Gasteiger partial charge in [0.25, 0.3) is 6.71 Å². The van der Waals surface area contributed by atoms with Crippen LogP contribution in [0, 0.1) is 0 Å². The third-order valence-corrected chi connectivity index (χ3v) is 22.6. The number of rotatable bonds is 3. The summed E-state index contributed by atoms with van der Waals surface area (Å²) in [6.07, 6.45) is 8.53. The molecule has 4 unspecified atom stereocenters. The standard InChI is InChI=1S/C77H90BN3/c1-69(2,3)48-28-31-55-54(41-48)65-56(73(55,13)14)32-35-62-67(65)78-59-44-51(72(10,11)12)43-58-68(59)81(77(18)39-25-23-37-75(58,77)16)64-46-52(80-61-34-30-50(71(7,8)9)42-57(61)74(15)36-22-24-38-76(74,80)17)45-63(66(64)78)79(62)60-33-29-49(70(4,5)6)40-53(60)47-26-20-19-21-27-47/h19-21,26-35,40-46H,22-25,36-39H2,1-18H3/i30D,34D,42D. The molecule has 7 aliphatic rings. The van der Waals surface area contributed by atoms with Gasteiger partial charge in [0.2, 0.25) is 0 Å². The summed E-state index contributed by atoms with van der Waals surface area (Å²) in [4.78, 5) is 8.16. The fourth-order valence-corrected chi connectivity index (χ4v) is 17.2. The molecule has 0 bridgehead atoms. The number of nitrogens with zero attached hydrogens (tertiary/aromatic N) is 3. The third-order valence-electron chi connectivity index (χ3n) is 22.6. The Balaban J connectivity index is 1.19. The molecule has 4 heterocycles. The first-order valence-electron chi connectivity index (χ1n) is 32.6. The van der Waals surface area contributed by atoms with E-state index >= 15 is 0 Å². The molecule has 7 aromatic carbocycles. The van der Waals surface area contributed by atoms with Crippen molar-refractivity contribution in [3.05, 3.63) is 166 Å². The van der Waals surface area contributed by atoms with E-state index in [4.69, 9.17) is 0 Å². The lowest BCUT2D eigenvalue weighted by Crippen LogP contribution is -2.65. The van der Waals surface area contributed by atoms with E-state index in [9.17, 15) is 4.11 Å². The molecule has 14 rings (SSSR count). The summed E-state index contributed by atoms with van der Waals surface area (Å²) in [6, 6.07) is 42.2. The Hall–Kier alpha value is -6.00. The van der Waals surface area contributed by atoms with Crippen LogP contribution in [0.5, 0.6) is 0 Å². The molecule has 81 heavy (non-hydrogen) atoms. The van der Waals surface area contributed by atoms with Gasteiger partial charge in [-0.15, -0.1) is 0 Å². The average Bonchev–Trinajstić information content (AvgIpc) is 1.65. The topological polar surface area (TPSA) is 9.72 Å². The second-order valence-corrected chi connectivity index (χ2v) is 31.8. The van der Waals surface area contributed by atoms with E-state index in [-0.39, 0.29) is 51.4 Å². The van der Waals surface area contributed by atoms with E-state index in [0.717, 1.165) is 61.2 Å². The van der Waals surface area contributed by atoms with Gasteiger partial charge in [0, 0.05) is 55.9 Å². The molecule has 3 aliphatic carbocycles. The predicted octanol–water partition coefficient (Wildman–Crippen LogP) is 18.9. The number of anilines is 7. The van der Waals surface area contributed by atoms with Crippen LogP contribution in [-0.2, 0) is 37.9 Å². The van der Waals surface area contributed by atoms with Crippen LogP contribution >= 0.6 is 0 Å². The molecule has 2 saturated carbocycles. The highest BCUT2D eigenvalue weighted by Gasteiger charge is 2.63. The second-order valence-electron chi connectivity index (χ2n) is 31.8. The van der Waals surface area contributed by atoms with E-state index in [1.54, 1.807) is 0 Å². The third kappa shape index (κ3) is 7.01. The summed E-state index contributed by atoms with van der Waals surface area (Å²) in [6.45, 7) is 42.6. The Morgan fingerprint density at radius 2 is 1.00 bits per heavy atom. The molecule has 0 aromatic heterocycles. The van der Waals surface area contributed by atoms with Crippen LogP contribution in [-0.4, -0.2) is 17.8 Å². The molecule has 0 spiro atoms. The van der Waals surface area contributed by atoms with Gasteiger partial charge in [-0.25, -0.2) is 0 Å². The number of hydrogen-bond donors (Lipinski definition) is 0. The van der Waals surface area contributed by atoms with Gasteiger partial charge in [-0.1, -0.05) is 221 Å². The molecule has 0 amide bonds. The van der Waals surface area contributed by atoms with Gasteiger partial charge in [0.15, 0.2) is 0 Å². The Bertz CT molecular complexity index is 4010. The summed E-state index contributed by atoms with van der Waals surface area (Å²) in [7, 11) is 0. The van der Waals surface area contributed by atoms with E-state index in [2.05, 4.69) is 242 Å². The van der Waals surface area contributed by atoms with Gasteiger partial charge in [-0.2, -0.15) is 0 Å². The second kappa shape index (κ2) is 16.6. The quantitative estimate of drug-likeness (QED) is 0.163. The van der Waals surface area contributed by atoms with E-state index in [1.807, 2.05) is 0 Å². The van der Waals surface area contributed by atoms with Gasteiger partial charge >= 0.3 is 0 Å². The molecule has 0 radical (unpaired) electrons. The lowest BCUT2D eigenvalue weighted by molar-refractivity contribution is 0.194. The molecule has 0 N–H and O–H groups in total. The first-order chi connectivity index (χ1) is 39.2.